The van der Waals surface area contributed by atoms with Gasteiger partial charge in [-0.2, -0.15) is 0 Å². The molecule has 0 spiro atoms. The molecule has 0 fully saturated rings. The lowest BCUT2D eigenvalue weighted by Gasteiger charge is -2.14. The highest BCUT2D eigenvalue weighted by Crippen LogP contribution is 2.31. The summed E-state index contributed by atoms with van der Waals surface area (Å²) >= 11 is 6.28. The van der Waals surface area contributed by atoms with Gasteiger partial charge < -0.3 is 10.1 Å². The third-order valence-electron chi connectivity index (χ3n) is 3.45. The first-order valence-electron chi connectivity index (χ1n) is 7.20. The average molecular weight is 319 g/mol. The summed E-state index contributed by atoms with van der Waals surface area (Å²) in [6, 6.07) is 10.6. The van der Waals surface area contributed by atoms with Gasteiger partial charge in [-0.1, -0.05) is 29.8 Å². The summed E-state index contributed by atoms with van der Waals surface area (Å²) in [5.74, 6) is -0.154. The van der Waals surface area contributed by atoms with Crippen LogP contribution in [0.2, 0.25) is 5.02 Å². The number of halogens is 2. The molecular formula is C17H16ClFN2O. The molecule has 1 heterocycles. The molecule has 0 saturated heterocycles. The van der Waals surface area contributed by atoms with Gasteiger partial charge in [-0.05, 0) is 19.1 Å². The maximum absolute atomic E-state index is 14.2. The van der Waals surface area contributed by atoms with Crippen molar-refractivity contribution in [2.75, 3.05) is 25.0 Å². The van der Waals surface area contributed by atoms with E-state index in [0.29, 0.717) is 36.0 Å². The third kappa shape index (κ3) is 2.79. The molecule has 0 bridgehead atoms. The smallest absolute Gasteiger partial charge is 0.165 e. The molecule has 1 aliphatic heterocycles. The van der Waals surface area contributed by atoms with Crippen LogP contribution >= 0.6 is 11.6 Å². The number of benzene rings is 2. The number of aliphatic imine (C=N–C) groups is 1. The number of anilines is 1. The van der Waals surface area contributed by atoms with Gasteiger partial charge in [-0.3, -0.25) is 4.99 Å². The zero-order valence-electron chi connectivity index (χ0n) is 12.2. The SMILES string of the molecule is CCOc1cc2c(cc1F)C(c1ccccc1Cl)=NCCN2. The summed E-state index contributed by atoms with van der Waals surface area (Å²) in [4.78, 5) is 4.57. The lowest BCUT2D eigenvalue weighted by molar-refractivity contribution is 0.322. The number of rotatable bonds is 3. The summed E-state index contributed by atoms with van der Waals surface area (Å²) in [5, 5.41) is 3.87. The molecule has 22 heavy (non-hydrogen) atoms. The van der Waals surface area contributed by atoms with Crippen LogP contribution in [0.5, 0.6) is 5.75 Å². The fourth-order valence-corrected chi connectivity index (χ4v) is 2.71. The van der Waals surface area contributed by atoms with Crippen LogP contribution in [0.15, 0.2) is 41.4 Å². The maximum Gasteiger partial charge on any atom is 0.165 e. The molecular weight excluding hydrogens is 303 g/mol. The first kappa shape index (κ1) is 14.9. The van der Waals surface area contributed by atoms with Crippen LogP contribution in [0, 0.1) is 5.82 Å². The molecule has 0 aliphatic carbocycles. The Balaban J connectivity index is 2.14. The van der Waals surface area contributed by atoms with Crippen LogP contribution in [0.25, 0.3) is 0 Å². The summed E-state index contributed by atoms with van der Waals surface area (Å²) in [7, 11) is 0. The van der Waals surface area contributed by atoms with Gasteiger partial charge >= 0.3 is 0 Å². The lowest BCUT2D eigenvalue weighted by Crippen LogP contribution is -2.08. The Hall–Kier alpha value is -2.07. The quantitative estimate of drug-likeness (QED) is 0.922. The van der Waals surface area contributed by atoms with E-state index in [1.807, 2.05) is 31.2 Å². The van der Waals surface area contributed by atoms with Crippen molar-refractivity contribution in [3.05, 3.63) is 58.4 Å². The van der Waals surface area contributed by atoms with Gasteiger partial charge in [0.25, 0.3) is 0 Å². The molecule has 5 heteroatoms. The van der Waals surface area contributed by atoms with Crippen LogP contribution in [0.3, 0.4) is 0 Å². The molecule has 2 aromatic rings. The normalized spacial score (nSPS) is 13.7. The van der Waals surface area contributed by atoms with Crippen molar-refractivity contribution >= 4 is 23.0 Å². The fraction of sp³-hybridized carbons (Fsp3) is 0.235. The predicted molar refractivity (Wildman–Crippen MR) is 88.0 cm³/mol. The standard InChI is InChI=1S/C17H16ClFN2O/c1-2-22-16-10-15-12(9-14(16)19)17(21-8-7-20-15)11-5-3-4-6-13(11)18/h3-6,9-10,20H,2,7-8H2,1H3. The number of nitrogens with one attached hydrogen (secondary N) is 1. The minimum absolute atomic E-state index is 0.245. The molecule has 3 nitrogen and oxygen atoms in total. The molecule has 3 rings (SSSR count). The zero-order valence-corrected chi connectivity index (χ0v) is 13.0. The van der Waals surface area contributed by atoms with Crippen LogP contribution in [0.4, 0.5) is 10.1 Å². The van der Waals surface area contributed by atoms with E-state index in [1.165, 1.54) is 6.07 Å². The first-order valence-corrected chi connectivity index (χ1v) is 7.58. The van der Waals surface area contributed by atoms with Gasteiger partial charge in [0, 0.05) is 34.4 Å². The van der Waals surface area contributed by atoms with E-state index in [1.54, 1.807) is 6.07 Å². The Morgan fingerprint density at radius 1 is 1.27 bits per heavy atom. The second-order valence-corrected chi connectivity index (χ2v) is 5.31. The molecule has 0 amide bonds. The Kier molecular flexibility index (Phi) is 4.29. The van der Waals surface area contributed by atoms with Crippen molar-refractivity contribution in [3.8, 4) is 5.75 Å². The molecule has 1 aliphatic rings. The fourth-order valence-electron chi connectivity index (χ4n) is 2.49. The number of ether oxygens (including phenoxy) is 1. The van der Waals surface area contributed by atoms with Crippen LogP contribution in [-0.2, 0) is 0 Å². The Labute approximate surface area is 133 Å². The number of nitrogens with zero attached hydrogens (tertiary/aromatic N) is 1. The number of benzodiazepines with no additional fused rings is 1. The van der Waals surface area contributed by atoms with Crippen LogP contribution < -0.4 is 10.1 Å². The molecule has 0 unspecified atom stereocenters. The van der Waals surface area contributed by atoms with Gasteiger partial charge in [0.15, 0.2) is 11.6 Å². The van der Waals surface area contributed by atoms with Crippen LogP contribution in [0.1, 0.15) is 18.1 Å². The third-order valence-corrected chi connectivity index (χ3v) is 3.78. The molecule has 0 atom stereocenters. The van der Waals surface area contributed by atoms with Crippen molar-refractivity contribution in [1.29, 1.82) is 0 Å². The van der Waals surface area contributed by atoms with Gasteiger partial charge in [0.2, 0.25) is 0 Å². The Morgan fingerprint density at radius 2 is 2.09 bits per heavy atom. The van der Waals surface area contributed by atoms with E-state index in [9.17, 15) is 4.39 Å². The van der Waals surface area contributed by atoms with E-state index in [0.717, 1.165) is 11.3 Å². The first-order chi connectivity index (χ1) is 10.7. The van der Waals surface area contributed by atoms with Gasteiger partial charge in [0.05, 0.1) is 18.9 Å². The molecule has 2 aromatic carbocycles. The van der Waals surface area contributed by atoms with E-state index in [4.69, 9.17) is 16.3 Å². The Bertz CT molecular complexity index is 731. The highest BCUT2D eigenvalue weighted by molar-refractivity contribution is 6.35. The van der Waals surface area contributed by atoms with Crippen molar-refractivity contribution in [2.45, 2.75) is 6.92 Å². The minimum Gasteiger partial charge on any atom is -0.491 e. The van der Waals surface area contributed by atoms with E-state index in [2.05, 4.69) is 10.3 Å². The second kappa shape index (κ2) is 6.36. The van der Waals surface area contributed by atoms with E-state index < -0.39 is 5.82 Å². The van der Waals surface area contributed by atoms with Gasteiger partial charge in [-0.25, -0.2) is 4.39 Å². The van der Waals surface area contributed by atoms with Gasteiger partial charge in [0.1, 0.15) is 0 Å². The molecule has 0 saturated carbocycles. The zero-order chi connectivity index (χ0) is 15.5. The highest BCUT2D eigenvalue weighted by Gasteiger charge is 2.19. The van der Waals surface area contributed by atoms with E-state index >= 15 is 0 Å². The molecule has 114 valence electrons. The topological polar surface area (TPSA) is 33.6 Å². The van der Waals surface area contributed by atoms with Gasteiger partial charge in [-0.15, -0.1) is 0 Å². The summed E-state index contributed by atoms with van der Waals surface area (Å²) in [5.41, 5.74) is 3.01. The lowest BCUT2D eigenvalue weighted by atomic mass is 10.00. The number of hydrogen-bond donors (Lipinski definition) is 1. The average Bonchev–Trinajstić information content (AvgIpc) is 2.71. The summed E-state index contributed by atoms with van der Waals surface area (Å²) in [6.45, 7) is 3.52. The van der Waals surface area contributed by atoms with E-state index in [-0.39, 0.29) is 5.75 Å². The maximum atomic E-state index is 14.2. The minimum atomic E-state index is -0.399. The van der Waals surface area contributed by atoms with Crippen molar-refractivity contribution in [1.82, 2.24) is 0 Å². The Morgan fingerprint density at radius 3 is 2.86 bits per heavy atom. The number of fused-ring (bicyclic) bond motifs is 1. The monoisotopic (exact) mass is 318 g/mol. The summed E-state index contributed by atoms with van der Waals surface area (Å²) in [6.07, 6.45) is 0. The van der Waals surface area contributed by atoms with Crippen LogP contribution in [-0.4, -0.2) is 25.4 Å². The predicted octanol–water partition coefficient (Wildman–Crippen LogP) is 4.14. The van der Waals surface area contributed by atoms with Crippen molar-refractivity contribution < 1.29 is 9.13 Å². The largest absolute Gasteiger partial charge is 0.491 e. The molecule has 1 N–H and O–H groups in total. The van der Waals surface area contributed by atoms with Crippen molar-refractivity contribution in [3.63, 3.8) is 0 Å². The molecule has 0 aromatic heterocycles. The summed E-state index contributed by atoms with van der Waals surface area (Å²) < 4.78 is 19.6. The highest BCUT2D eigenvalue weighted by atomic mass is 35.5. The second-order valence-electron chi connectivity index (χ2n) is 4.90. The molecule has 0 radical (unpaired) electrons. The van der Waals surface area contributed by atoms with Crippen molar-refractivity contribution in [2.24, 2.45) is 4.99 Å². The number of hydrogen-bond acceptors (Lipinski definition) is 3.